The quantitative estimate of drug-likeness (QED) is 0.249. The van der Waals surface area contributed by atoms with Crippen molar-refractivity contribution in [3.63, 3.8) is 0 Å². The van der Waals surface area contributed by atoms with E-state index < -0.39 is 0 Å². The third-order valence-corrected chi connectivity index (χ3v) is 7.86. The van der Waals surface area contributed by atoms with Gasteiger partial charge in [0.2, 0.25) is 0 Å². The minimum absolute atomic E-state index is 0.0948. The van der Waals surface area contributed by atoms with Crippen molar-refractivity contribution in [3.05, 3.63) is 129 Å². The van der Waals surface area contributed by atoms with E-state index in [0.29, 0.717) is 0 Å². The minimum Gasteiger partial charge on any atom is -0.497 e. The Morgan fingerprint density at radius 1 is 0.525 bits per heavy atom. The van der Waals surface area contributed by atoms with Gasteiger partial charge in [0.1, 0.15) is 11.5 Å². The number of ether oxygens (including phenoxy) is 2. The van der Waals surface area contributed by atoms with Gasteiger partial charge in [0.15, 0.2) is 11.6 Å². The third-order valence-electron chi connectivity index (χ3n) is 7.86. The predicted octanol–water partition coefficient (Wildman–Crippen LogP) is 7.80. The second-order valence-corrected chi connectivity index (χ2v) is 10.3. The van der Waals surface area contributed by atoms with Gasteiger partial charge in [0.25, 0.3) is 0 Å². The maximum atomic E-state index is 13.1. The predicted molar refractivity (Wildman–Crippen MR) is 159 cm³/mol. The van der Waals surface area contributed by atoms with Crippen LogP contribution in [0.5, 0.6) is 11.5 Å². The molecule has 0 radical (unpaired) electrons. The van der Waals surface area contributed by atoms with E-state index >= 15 is 0 Å². The average Bonchev–Trinajstić information content (AvgIpc) is 3.00. The van der Waals surface area contributed by atoms with Crippen LogP contribution in [0.25, 0.3) is 23.3 Å². The molecule has 2 aliphatic carbocycles. The fourth-order valence-electron chi connectivity index (χ4n) is 5.58. The van der Waals surface area contributed by atoms with Gasteiger partial charge >= 0.3 is 0 Å². The van der Waals surface area contributed by atoms with Crippen LogP contribution >= 0.6 is 0 Å². The van der Waals surface area contributed by atoms with E-state index in [1.54, 1.807) is 14.2 Å². The van der Waals surface area contributed by atoms with Crippen molar-refractivity contribution < 1.29 is 19.1 Å². The first-order valence-corrected chi connectivity index (χ1v) is 13.6. The van der Waals surface area contributed by atoms with E-state index in [4.69, 9.17) is 9.47 Å². The zero-order valence-corrected chi connectivity index (χ0v) is 22.7. The molecular formula is C36H30O4. The Labute approximate surface area is 234 Å². The van der Waals surface area contributed by atoms with Gasteiger partial charge in [-0.1, -0.05) is 48.5 Å². The molecule has 0 atom stereocenters. The van der Waals surface area contributed by atoms with Gasteiger partial charge in [-0.3, -0.25) is 9.59 Å². The van der Waals surface area contributed by atoms with Crippen molar-refractivity contribution in [1.29, 1.82) is 0 Å². The van der Waals surface area contributed by atoms with Gasteiger partial charge in [0.05, 0.1) is 14.2 Å². The van der Waals surface area contributed by atoms with Crippen LogP contribution < -0.4 is 9.47 Å². The van der Waals surface area contributed by atoms with Gasteiger partial charge in [-0.15, -0.1) is 0 Å². The van der Waals surface area contributed by atoms with E-state index in [0.717, 1.165) is 92.8 Å². The molecule has 0 heterocycles. The number of carbonyl (C=O) groups excluding carboxylic acids is 2. The summed E-state index contributed by atoms with van der Waals surface area (Å²) in [7, 11) is 3.29. The van der Waals surface area contributed by atoms with Crippen LogP contribution in [0.15, 0.2) is 96.1 Å². The highest BCUT2D eigenvalue weighted by atomic mass is 16.5. The fraction of sp³-hybridized carbons (Fsp3) is 0.167. The highest BCUT2D eigenvalue weighted by molar-refractivity contribution is 6.14. The molecule has 0 N–H and O–H groups in total. The molecule has 0 aromatic heterocycles. The molecule has 4 aromatic rings. The number of methoxy groups -OCH3 is 2. The first-order valence-electron chi connectivity index (χ1n) is 13.6. The highest BCUT2D eigenvalue weighted by Gasteiger charge is 2.23. The summed E-state index contributed by atoms with van der Waals surface area (Å²) >= 11 is 0. The first-order chi connectivity index (χ1) is 19.5. The number of rotatable bonds is 5. The summed E-state index contributed by atoms with van der Waals surface area (Å²) in [5.41, 5.74) is 9.54. The third kappa shape index (κ3) is 5.01. The fourth-order valence-corrected chi connectivity index (χ4v) is 5.58. The monoisotopic (exact) mass is 526 g/mol. The second-order valence-electron chi connectivity index (χ2n) is 10.3. The Kier molecular flexibility index (Phi) is 6.91. The number of hydrogen-bond acceptors (Lipinski definition) is 4. The van der Waals surface area contributed by atoms with Gasteiger partial charge in [-0.05, 0) is 108 Å². The molecule has 40 heavy (non-hydrogen) atoms. The van der Waals surface area contributed by atoms with Crippen molar-refractivity contribution in [2.24, 2.45) is 0 Å². The molecule has 4 heteroatoms. The van der Waals surface area contributed by atoms with Gasteiger partial charge in [-0.2, -0.15) is 0 Å². The van der Waals surface area contributed by atoms with Crippen molar-refractivity contribution in [1.82, 2.24) is 0 Å². The number of Topliss-reactive ketones (excluding diaryl/α,β-unsaturated/α-hetero) is 2. The van der Waals surface area contributed by atoms with Gasteiger partial charge in [0, 0.05) is 22.3 Å². The van der Waals surface area contributed by atoms with Crippen LogP contribution in [0.4, 0.5) is 0 Å². The van der Waals surface area contributed by atoms with E-state index in [1.807, 2.05) is 48.6 Å². The number of aryl methyl sites for hydroxylation is 2. The second kappa shape index (κ2) is 10.8. The Balaban J connectivity index is 1.16. The average molecular weight is 527 g/mol. The summed E-state index contributed by atoms with van der Waals surface area (Å²) in [6.07, 6.45) is 7.11. The largest absolute Gasteiger partial charge is 0.497 e. The Hall–Kier alpha value is -4.70. The number of carbonyl (C=O) groups is 2. The van der Waals surface area contributed by atoms with E-state index in [-0.39, 0.29) is 11.6 Å². The lowest BCUT2D eigenvalue weighted by Gasteiger charge is -2.18. The summed E-state index contributed by atoms with van der Waals surface area (Å²) in [5, 5.41) is 0. The summed E-state index contributed by atoms with van der Waals surface area (Å²) < 4.78 is 10.6. The number of fused-ring (bicyclic) bond motifs is 2. The number of allylic oxidation sites excluding steroid dienone is 2. The Morgan fingerprint density at radius 2 is 0.925 bits per heavy atom. The zero-order valence-electron chi connectivity index (χ0n) is 22.7. The lowest BCUT2D eigenvalue weighted by atomic mass is 9.85. The molecule has 0 aliphatic heterocycles. The molecule has 0 saturated heterocycles. The van der Waals surface area contributed by atoms with Crippen LogP contribution in [0.3, 0.4) is 0 Å². The topological polar surface area (TPSA) is 52.6 Å². The Bertz CT molecular complexity index is 1540. The molecule has 0 amide bonds. The van der Waals surface area contributed by atoms with Gasteiger partial charge < -0.3 is 9.47 Å². The van der Waals surface area contributed by atoms with Crippen LogP contribution in [0, 0.1) is 0 Å². The number of benzene rings is 4. The summed E-state index contributed by atoms with van der Waals surface area (Å²) in [6, 6.07) is 27.9. The van der Waals surface area contributed by atoms with Crippen LogP contribution in [-0.2, 0) is 12.8 Å². The number of hydrogen-bond donors (Lipinski definition) is 0. The molecule has 0 unspecified atom stereocenters. The lowest BCUT2D eigenvalue weighted by molar-refractivity contribution is 0.101. The van der Waals surface area contributed by atoms with Gasteiger partial charge in [-0.25, -0.2) is 0 Å². The van der Waals surface area contributed by atoms with Crippen molar-refractivity contribution in [2.75, 3.05) is 14.2 Å². The lowest BCUT2D eigenvalue weighted by Crippen LogP contribution is -2.14. The molecule has 4 nitrogen and oxygen atoms in total. The summed E-state index contributed by atoms with van der Waals surface area (Å²) in [5.74, 6) is 1.76. The minimum atomic E-state index is 0.0948. The van der Waals surface area contributed by atoms with E-state index in [1.165, 1.54) is 0 Å². The molecule has 0 saturated carbocycles. The smallest absolute Gasteiger partial charge is 0.189 e. The molecular weight excluding hydrogens is 496 g/mol. The maximum Gasteiger partial charge on any atom is 0.189 e. The maximum absolute atomic E-state index is 13.1. The van der Waals surface area contributed by atoms with Crippen LogP contribution in [-0.4, -0.2) is 25.8 Å². The van der Waals surface area contributed by atoms with Crippen molar-refractivity contribution in [2.45, 2.75) is 25.7 Å². The molecule has 4 aromatic carbocycles. The number of ketones is 2. The van der Waals surface area contributed by atoms with E-state index in [9.17, 15) is 9.59 Å². The first kappa shape index (κ1) is 25.6. The highest BCUT2D eigenvalue weighted by Crippen LogP contribution is 2.31. The molecule has 2 aliphatic rings. The molecule has 0 fully saturated rings. The van der Waals surface area contributed by atoms with Crippen LogP contribution in [0.2, 0.25) is 0 Å². The zero-order chi connectivity index (χ0) is 27.6. The molecule has 6 rings (SSSR count). The molecule has 0 bridgehead atoms. The standard InChI is InChI=1S/C36H30O4/c1-39-31-15-17-33-27(21-31)11-13-29(35(33)37)19-23-3-7-25(8-4-23)26-9-5-24(6-10-26)20-30-14-12-28-22-32(40-2)16-18-34(28)36(30)38/h3-10,15-22H,11-14H2,1-2H3/b29-19+,30-20+. The SMILES string of the molecule is COc1ccc2c(c1)CC/C(=C\c1ccc(-c3ccc(/C=C4\CCc5cc(OC)ccc5C4=O)cc3)cc1)C2=O. The van der Waals surface area contributed by atoms with Crippen molar-refractivity contribution in [3.8, 4) is 22.6 Å². The molecule has 0 spiro atoms. The Morgan fingerprint density at radius 3 is 1.30 bits per heavy atom. The summed E-state index contributed by atoms with van der Waals surface area (Å²) in [4.78, 5) is 26.1. The normalized spacial score (nSPS) is 16.6. The molecule has 198 valence electrons. The van der Waals surface area contributed by atoms with E-state index in [2.05, 4.69) is 48.5 Å². The van der Waals surface area contributed by atoms with Crippen molar-refractivity contribution >= 4 is 23.7 Å². The van der Waals surface area contributed by atoms with Crippen LogP contribution in [0.1, 0.15) is 55.8 Å². The summed E-state index contributed by atoms with van der Waals surface area (Å²) in [6.45, 7) is 0.